The second-order valence-corrected chi connectivity index (χ2v) is 4.19. The first-order chi connectivity index (χ1) is 8.92. The smallest absolute Gasteiger partial charge is 0.120 e. The largest absolute Gasteiger partial charge is 0.544 e. The van der Waals surface area contributed by atoms with Gasteiger partial charge >= 0.3 is 0 Å². The number of nitrogens with two attached hydrogens (primary N) is 1. The Kier molecular flexibility index (Phi) is 5.28. The summed E-state index contributed by atoms with van der Waals surface area (Å²) in [5.74, 6) is -2.63. The molecular formula is C12H15N2O5-. The molecular weight excluding hydrogens is 252 g/mol. The van der Waals surface area contributed by atoms with Crippen LogP contribution in [0.2, 0.25) is 0 Å². The Hall–Kier alpha value is -2.12. The number of hydrogen-bond acceptors (Lipinski definition) is 6. The Morgan fingerprint density at radius 3 is 2.26 bits per heavy atom. The van der Waals surface area contributed by atoms with Crippen LogP contribution in [0.1, 0.15) is 11.1 Å². The number of aliphatic carboxylic acids is 2. The Bertz CT molecular complexity index is 459. The van der Waals surface area contributed by atoms with Crippen molar-refractivity contribution < 1.29 is 29.8 Å². The summed E-state index contributed by atoms with van der Waals surface area (Å²) in [6.45, 7) is -0.579. The van der Waals surface area contributed by atoms with Gasteiger partial charge in [-0.2, -0.15) is 0 Å². The molecule has 0 aliphatic heterocycles. The number of hydrogen-bond donors (Lipinski definition) is 3. The van der Waals surface area contributed by atoms with E-state index in [9.17, 15) is 24.9 Å². The third-order valence-corrected chi connectivity index (χ3v) is 2.61. The molecule has 0 saturated heterocycles. The van der Waals surface area contributed by atoms with E-state index in [1.807, 2.05) is 0 Å². The first-order valence-corrected chi connectivity index (χ1v) is 5.66. The van der Waals surface area contributed by atoms with Gasteiger partial charge in [-0.1, -0.05) is 0 Å². The van der Waals surface area contributed by atoms with Crippen molar-refractivity contribution in [2.75, 3.05) is 13.1 Å². The Labute approximate surface area is 109 Å². The van der Waals surface area contributed by atoms with Gasteiger partial charge < -0.3 is 35.5 Å². The molecule has 19 heavy (non-hydrogen) atoms. The summed E-state index contributed by atoms with van der Waals surface area (Å²) >= 11 is 0. The molecule has 0 atom stereocenters. The van der Waals surface area contributed by atoms with E-state index in [-0.39, 0.29) is 23.7 Å². The molecule has 0 aliphatic carbocycles. The molecule has 1 aromatic carbocycles. The standard InChI is InChI=1S/C12H16N2O5/c13-4-9-3-8(1-2-10(9)15)5-14(6-11(16)17)7-12(18)19/h1-3,15H,4-7,13H2,(H,16,17)(H,18,19)/p-1. The molecule has 104 valence electrons. The zero-order valence-electron chi connectivity index (χ0n) is 10.2. The summed E-state index contributed by atoms with van der Waals surface area (Å²) in [4.78, 5) is 21.4. The summed E-state index contributed by atoms with van der Waals surface area (Å²) in [6, 6.07) is 4.63. The second kappa shape index (κ2) is 6.72. The van der Waals surface area contributed by atoms with Crippen molar-refractivity contribution in [3.63, 3.8) is 0 Å². The molecule has 0 radical (unpaired) electrons. The van der Waals surface area contributed by atoms with E-state index < -0.39 is 25.0 Å². The number of carboxylic acid groups (broad SMARTS) is 2. The van der Waals surface area contributed by atoms with Crippen molar-refractivity contribution >= 4 is 11.9 Å². The average Bonchev–Trinajstić information content (AvgIpc) is 2.29. The number of carboxylic acids is 2. The highest BCUT2D eigenvalue weighted by Gasteiger charge is 2.12. The molecule has 0 amide bonds. The average molecular weight is 267 g/mol. The van der Waals surface area contributed by atoms with Crippen molar-refractivity contribution in [3.05, 3.63) is 29.3 Å². The van der Waals surface area contributed by atoms with Gasteiger partial charge in [-0.05, 0) is 18.2 Å². The lowest BCUT2D eigenvalue weighted by Gasteiger charge is -2.20. The first kappa shape index (κ1) is 14.9. The van der Waals surface area contributed by atoms with Crippen LogP contribution in [-0.4, -0.2) is 30.1 Å². The summed E-state index contributed by atoms with van der Waals surface area (Å²) < 4.78 is 0. The van der Waals surface area contributed by atoms with Crippen LogP contribution < -0.4 is 20.8 Å². The minimum Gasteiger partial charge on any atom is -0.544 e. The minimum absolute atomic E-state index is 0.0487. The normalized spacial score (nSPS) is 10.6. The van der Waals surface area contributed by atoms with Crippen LogP contribution in [0.25, 0.3) is 0 Å². The number of phenolic OH excluding ortho intramolecular Hbond substituents is 1. The number of rotatable bonds is 7. The molecule has 0 unspecified atom stereocenters. The van der Waals surface area contributed by atoms with Crippen LogP contribution in [0, 0.1) is 0 Å². The summed E-state index contributed by atoms with van der Waals surface area (Å²) in [5.41, 5.74) is 6.63. The fourth-order valence-electron chi connectivity index (χ4n) is 1.80. The fourth-order valence-corrected chi connectivity index (χ4v) is 1.80. The number of phenols is 1. The van der Waals surface area contributed by atoms with Crippen molar-refractivity contribution in [3.8, 4) is 5.75 Å². The summed E-state index contributed by atoms with van der Waals surface area (Å²) in [6.07, 6.45) is 0. The van der Waals surface area contributed by atoms with E-state index in [1.54, 1.807) is 12.1 Å². The zero-order chi connectivity index (χ0) is 14.4. The van der Waals surface area contributed by atoms with Crippen LogP contribution in [0.15, 0.2) is 18.2 Å². The molecule has 0 heterocycles. The molecule has 0 spiro atoms. The van der Waals surface area contributed by atoms with Gasteiger partial charge in [0.05, 0.1) is 11.9 Å². The summed E-state index contributed by atoms with van der Waals surface area (Å²) in [5, 5.41) is 30.6. The van der Waals surface area contributed by atoms with Crippen molar-refractivity contribution in [1.29, 1.82) is 0 Å². The molecule has 4 N–H and O–H groups in total. The van der Waals surface area contributed by atoms with E-state index >= 15 is 0 Å². The van der Waals surface area contributed by atoms with Gasteiger partial charge in [-0.3, -0.25) is 0 Å². The number of carbonyl (C=O) groups excluding carboxylic acids is 2. The number of aromatic hydroxyl groups is 1. The molecule has 0 bridgehead atoms. The highest BCUT2D eigenvalue weighted by Crippen LogP contribution is 2.17. The highest BCUT2D eigenvalue weighted by molar-refractivity contribution is 5.67. The molecule has 0 saturated carbocycles. The van der Waals surface area contributed by atoms with Gasteiger partial charge in [0, 0.05) is 17.7 Å². The van der Waals surface area contributed by atoms with Crippen LogP contribution in [0.5, 0.6) is 5.75 Å². The monoisotopic (exact) mass is 267 g/mol. The van der Waals surface area contributed by atoms with Gasteiger partial charge in [0.1, 0.15) is 25.4 Å². The second-order valence-electron chi connectivity index (χ2n) is 4.19. The number of quaternary nitrogens is 1. The van der Waals surface area contributed by atoms with Gasteiger partial charge in [-0.25, -0.2) is 0 Å². The van der Waals surface area contributed by atoms with Crippen LogP contribution in [0.4, 0.5) is 0 Å². The first-order valence-electron chi connectivity index (χ1n) is 5.66. The number of benzene rings is 1. The van der Waals surface area contributed by atoms with Crippen molar-refractivity contribution in [1.82, 2.24) is 0 Å². The SMILES string of the molecule is NCc1cc(C[NH+](CC(=O)[O-])CC(=O)[O-])ccc1O. The summed E-state index contributed by atoms with van der Waals surface area (Å²) in [7, 11) is 0. The Balaban J connectivity index is 2.82. The number of nitrogens with one attached hydrogen (secondary N) is 1. The third kappa shape index (κ3) is 4.94. The van der Waals surface area contributed by atoms with E-state index in [2.05, 4.69) is 0 Å². The van der Waals surface area contributed by atoms with E-state index in [1.165, 1.54) is 6.07 Å². The lowest BCUT2D eigenvalue weighted by Crippen LogP contribution is -3.13. The van der Waals surface area contributed by atoms with Crippen LogP contribution >= 0.6 is 0 Å². The van der Waals surface area contributed by atoms with E-state index in [0.717, 1.165) is 0 Å². The van der Waals surface area contributed by atoms with Gasteiger partial charge in [-0.15, -0.1) is 0 Å². The van der Waals surface area contributed by atoms with E-state index in [4.69, 9.17) is 5.73 Å². The maximum atomic E-state index is 10.6. The third-order valence-electron chi connectivity index (χ3n) is 2.61. The molecule has 0 aromatic heterocycles. The van der Waals surface area contributed by atoms with Crippen LogP contribution in [-0.2, 0) is 22.7 Å². The Morgan fingerprint density at radius 2 is 1.79 bits per heavy atom. The van der Waals surface area contributed by atoms with Gasteiger partial charge in [0.2, 0.25) is 0 Å². The van der Waals surface area contributed by atoms with Crippen LogP contribution in [0.3, 0.4) is 0 Å². The predicted molar refractivity (Wildman–Crippen MR) is 60.4 cm³/mol. The minimum atomic E-state index is -1.34. The molecule has 7 nitrogen and oxygen atoms in total. The quantitative estimate of drug-likeness (QED) is 0.458. The van der Waals surface area contributed by atoms with Crippen molar-refractivity contribution in [2.24, 2.45) is 5.73 Å². The maximum absolute atomic E-state index is 10.6. The topological polar surface area (TPSA) is 131 Å². The van der Waals surface area contributed by atoms with Crippen molar-refractivity contribution in [2.45, 2.75) is 13.1 Å². The zero-order valence-corrected chi connectivity index (χ0v) is 10.2. The van der Waals surface area contributed by atoms with E-state index in [0.29, 0.717) is 11.1 Å². The fraction of sp³-hybridized carbons (Fsp3) is 0.333. The molecule has 1 rings (SSSR count). The lowest BCUT2D eigenvalue weighted by atomic mass is 10.1. The lowest BCUT2D eigenvalue weighted by molar-refractivity contribution is -0.902. The molecule has 0 fully saturated rings. The number of carbonyl (C=O) groups is 2. The van der Waals surface area contributed by atoms with Gasteiger partial charge in [0.25, 0.3) is 0 Å². The van der Waals surface area contributed by atoms with Gasteiger partial charge in [0.15, 0.2) is 0 Å². The Morgan fingerprint density at radius 1 is 1.21 bits per heavy atom. The molecule has 0 aliphatic rings. The predicted octanol–water partition coefficient (Wildman–Crippen LogP) is -4.26. The maximum Gasteiger partial charge on any atom is 0.120 e. The highest BCUT2D eigenvalue weighted by atomic mass is 16.4. The molecule has 7 heteroatoms. The molecule has 1 aromatic rings.